The van der Waals surface area contributed by atoms with Crippen LogP contribution in [0.4, 0.5) is 0 Å². The largest absolute Gasteiger partial charge is 0.309 e. The molecule has 0 bridgehead atoms. The standard InChI is InChI=1S/C12H15N3O2S3/c16-20(17,15-8-11-13-5-6-18-11)12-4-3-10(19-12)7-14-9-1-2-9/h3-6,9,14-15H,1-2,7-8H2. The Labute approximate surface area is 126 Å². The summed E-state index contributed by atoms with van der Waals surface area (Å²) < 4.78 is 27.2. The summed E-state index contributed by atoms with van der Waals surface area (Å²) >= 11 is 2.75. The van der Waals surface area contributed by atoms with E-state index in [1.54, 1.807) is 12.3 Å². The third-order valence-corrected chi connectivity index (χ3v) is 6.70. The van der Waals surface area contributed by atoms with Crippen molar-refractivity contribution in [2.45, 2.75) is 36.2 Å². The van der Waals surface area contributed by atoms with Gasteiger partial charge in [-0.1, -0.05) is 0 Å². The van der Waals surface area contributed by atoms with E-state index in [-0.39, 0.29) is 6.54 Å². The molecule has 1 aliphatic carbocycles. The van der Waals surface area contributed by atoms with E-state index >= 15 is 0 Å². The highest BCUT2D eigenvalue weighted by atomic mass is 32.2. The van der Waals surface area contributed by atoms with Crippen LogP contribution in [0.3, 0.4) is 0 Å². The van der Waals surface area contributed by atoms with Gasteiger partial charge in [0.05, 0.1) is 6.54 Å². The van der Waals surface area contributed by atoms with Crippen molar-refractivity contribution in [2.24, 2.45) is 0 Å². The summed E-state index contributed by atoms with van der Waals surface area (Å²) in [6, 6.07) is 4.16. The number of nitrogens with zero attached hydrogens (tertiary/aromatic N) is 1. The molecule has 20 heavy (non-hydrogen) atoms. The van der Waals surface area contributed by atoms with Crippen molar-refractivity contribution >= 4 is 32.7 Å². The molecule has 0 aromatic carbocycles. The molecular formula is C12H15N3O2S3. The first kappa shape index (κ1) is 14.2. The van der Waals surface area contributed by atoms with Crippen molar-refractivity contribution in [3.63, 3.8) is 0 Å². The summed E-state index contributed by atoms with van der Waals surface area (Å²) in [6.45, 7) is 0.991. The highest BCUT2D eigenvalue weighted by Gasteiger charge is 2.21. The Bertz CT molecular complexity index is 660. The number of nitrogens with one attached hydrogen (secondary N) is 2. The van der Waals surface area contributed by atoms with Crippen LogP contribution in [-0.4, -0.2) is 19.4 Å². The van der Waals surface area contributed by atoms with E-state index in [9.17, 15) is 8.42 Å². The van der Waals surface area contributed by atoms with Gasteiger partial charge in [0.2, 0.25) is 10.0 Å². The Balaban J connectivity index is 1.61. The van der Waals surface area contributed by atoms with Crippen molar-refractivity contribution in [3.8, 4) is 0 Å². The number of thiazole rings is 1. The van der Waals surface area contributed by atoms with Crippen LogP contribution in [0.1, 0.15) is 22.7 Å². The smallest absolute Gasteiger partial charge is 0.250 e. The van der Waals surface area contributed by atoms with Gasteiger partial charge in [-0.3, -0.25) is 0 Å². The van der Waals surface area contributed by atoms with Gasteiger partial charge in [-0.05, 0) is 25.0 Å². The lowest BCUT2D eigenvalue weighted by atomic mass is 10.4. The third-order valence-electron chi connectivity index (χ3n) is 2.94. The highest BCUT2D eigenvalue weighted by Crippen LogP contribution is 2.24. The maximum atomic E-state index is 12.1. The summed E-state index contributed by atoms with van der Waals surface area (Å²) in [5.74, 6) is 0. The van der Waals surface area contributed by atoms with Crippen LogP contribution in [0, 0.1) is 0 Å². The maximum absolute atomic E-state index is 12.1. The van der Waals surface area contributed by atoms with Crippen LogP contribution in [0.5, 0.6) is 0 Å². The van der Waals surface area contributed by atoms with Gasteiger partial charge in [0, 0.05) is 29.0 Å². The van der Waals surface area contributed by atoms with Gasteiger partial charge >= 0.3 is 0 Å². The van der Waals surface area contributed by atoms with Gasteiger partial charge in [-0.25, -0.2) is 18.1 Å². The zero-order chi connectivity index (χ0) is 14.0. The van der Waals surface area contributed by atoms with Crippen molar-refractivity contribution in [3.05, 3.63) is 33.6 Å². The lowest BCUT2D eigenvalue weighted by Gasteiger charge is -2.02. The lowest BCUT2D eigenvalue weighted by Crippen LogP contribution is -2.22. The first-order chi connectivity index (χ1) is 9.63. The fourth-order valence-corrected chi connectivity index (χ4v) is 4.68. The zero-order valence-corrected chi connectivity index (χ0v) is 13.2. The Kier molecular flexibility index (Phi) is 4.18. The molecule has 0 unspecified atom stereocenters. The summed E-state index contributed by atoms with van der Waals surface area (Å²) in [5, 5.41) is 5.97. The van der Waals surface area contributed by atoms with Crippen LogP contribution in [-0.2, 0) is 23.1 Å². The van der Waals surface area contributed by atoms with Crippen molar-refractivity contribution < 1.29 is 8.42 Å². The fraction of sp³-hybridized carbons (Fsp3) is 0.417. The SMILES string of the molecule is O=S(=O)(NCc1nccs1)c1ccc(CNC2CC2)s1. The molecule has 0 saturated heterocycles. The second-order valence-electron chi connectivity index (χ2n) is 4.63. The Morgan fingerprint density at radius 1 is 1.30 bits per heavy atom. The highest BCUT2D eigenvalue weighted by molar-refractivity contribution is 7.91. The molecule has 2 aromatic rings. The number of thiophene rings is 1. The second kappa shape index (κ2) is 5.90. The summed E-state index contributed by atoms with van der Waals surface area (Å²) in [5.41, 5.74) is 0. The average Bonchev–Trinajstić information content (AvgIpc) is 2.94. The molecule has 0 atom stereocenters. The number of hydrogen-bond acceptors (Lipinski definition) is 6. The minimum atomic E-state index is -3.43. The van der Waals surface area contributed by atoms with Crippen LogP contribution in [0.25, 0.3) is 0 Å². The predicted octanol–water partition coefficient (Wildman–Crippen LogP) is 1.94. The Morgan fingerprint density at radius 3 is 2.85 bits per heavy atom. The topological polar surface area (TPSA) is 71.1 Å². The molecular weight excluding hydrogens is 314 g/mol. The molecule has 2 heterocycles. The van der Waals surface area contributed by atoms with E-state index in [0.29, 0.717) is 10.3 Å². The average molecular weight is 329 g/mol. The molecule has 0 aliphatic heterocycles. The van der Waals surface area contributed by atoms with Gasteiger partial charge in [0.25, 0.3) is 0 Å². The molecule has 0 spiro atoms. The normalized spacial score (nSPS) is 15.6. The molecule has 0 radical (unpaired) electrons. The van der Waals surface area contributed by atoms with Crippen molar-refractivity contribution in [2.75, 3.05) is 0 Å². The van der Waals surface area contributed by atoms with E-state index in [4.69, 9.17) is 0 Å². The van der Waals surface area contributed by atoms with E-state index in [2.05, 4.69) is 15.0 Å². The van der Waals surface area contributed by atoms with Crippen molar-refractivity contribution in [1.29, 1.82) is 0 Å². The molecule has 5 nitrogen and oxygen atoms in total. The predicted molar refractivity (Wildman–Crippen MR) is 80.3 cm³/mol. The van der Waals surface area contributed by atoms with Crippen molar-refractivity contribution in [1.82, 2.24) is 15.0 Å². The first-order valence-corrected chi connectivity index (χ1v) is 9.51. The molecule has 2 aromatic heterocycles. The minimum Gasteiger partial charge on any atom is -0.309 e. The van der Waals surface area contributed by atoms with Gasteiger partial charge in [-0.15, -0.1) is 22.7 Å². The van der Waals surface area contributed by atoms with E-state index in [1.807, 2.05) is 11.4 Å². The number of sulfonamides is 1. The van der Waals surface area contributed by atoms with Gasteiger partial charge < -0.3 is 5.32 Å². The van der Waals surface area contributed by atoms with Crippen LogP contribution in [0.2, 0.25) is 0 Å². The first-order valence-electron chi connectivity index (χ1n) is 6.33. The second-order valence-corrected chi connectivity index (χ2v) is 8.77. The van der Waals surface area contributed by atoms with E-state index < -0.39 is 10.0 Å². The molecule has 8 heteroatoms. The molecule has 3 rings (SSSR count). The van der Waals surface area contributed by atoms with Gasteiger partial charge in [0.15, 0.2) is 0 Å². The minimum absolute atomic E-state index is 0.244. The molecule has 2 N–H and O–H groups in total. The van der Waals surface area contributed by atoms with Crippen LogP contribution in [0.15, 0.2) is 27.9 Å². The zero-order valence-electron chi connectivity index (χ0n) is 10.7. The van der Waals surface area contributed by atoms with E-state index in [0.717, 1.165) is 16.4 Å². The maximum Gasteiger partial charge on any atom is 0.250 e. The Hall–Kier alpha value is -0.800. The Morgan fingerprint density at radius 2 is 2.15 bits per heavy atom. The molecule has 108 valence electrons. The van der Waals surface area contributed by atoms with Crippen LogP contribution < -0.4 is 10.0 Å². The number of aromatic nitrogens is 1. The van der Waals surface area contributed by atoms with Gasteiger partial charge in [0.1, 0.15) is 9.22 Å². The molecule has 1 aliphatic rings. The number of hydrogen-bond donors (Lipinski definition) is 2. The van der Waals surface area contributed by atoms with Gasteiger partial charge in [-0.2, -0.15) is 0 Å². The monoisotopic (exact) mass is 329 g/mol. The summed E-state index contributed by atoms with van der Waals surface area (Å²) in [6.07, 6.45) is 4.12. The molecule has 1 fully saturated rings. The van der Waals surface area contributed by atoms with Crippen LogP contribution >= 0.6 is 22.7 Å². The fourth-order valence-electron chi connectivity index (χ4n) is 1.70. The molecule has 0 amide bonds. The summed E-state index contributed by atoms with van der Waals surface area (Å²) in [4.78, 5) is 5.11. The quantitative estimate of drug-likeness (QED) is 0.814. The van der Waals surface area contributed by atoms with E-state index in [1.165, 1.54) is 35.5 Å². The number of rotatable bonds is 7. The summed E-state index contributed by atoms with van der Waals surface area (Å²) in [7, 11) is -3.43. The molecule has 1 saturated carbocycles. The lowest BCUT2D eigenvalue weighted by molar-refractivity contribution is 0.583. The third kappa shape index (κ3) is 3.64.